The number of hydrogen-bond donors (Lipinski definition) is 3. The molecule has 0 amide bonds. The lowest BCUT2D eigenvalue weighted by Crippen LogP contribution is -2.64. The van der Waals surface area contributed by atoms with Gasteiger partial charge in [0.15, 0.2) is 11.6 Å². The first-order valence-electron chi connectivity index (χ1n) is 4.31. The molecule has 0 heterocycles. The van der Waals surface area contributed by atoms with Gasteiger partial charge in [-0.25, -0.2) is 4.79 Å². The SMILES string of the molecule is CC(=O)C(NCCN)(C(C)=O)C(=O)ON. The molecular weight excluding hydrogens is 202 g/mol. The Morgan fingerprint density at radius 3 is 2.00 bits per heavy atom. The summed E-state index contributed by atoms with van der Waals surface area (Å²) in [5.41, 5.74) is 3.18. The Morgan fingerprint density at radius 2 is 1.73 bits per heavy atom. The molecule has 0 aromatic carbocycles. The Morgan fingerprint density at radius 1 is 1.27 bits per heavy atom. The summed E-state index contributed by atoms with van der Waals surface area (Å²) in [4.78, 5) is 37.9. The van der Waals surface area contributed by atoms with E-state index < -0.39 is 23.1 Å². The van der Waals surface area contributed by atoms with Gasteiger partial charge in [0.25, 0.3) is 0 Å². The van der Waals surface area contributed by atoms with Crippen LogP contribution in [0.4, 0.5) is 0 Å². The molecule has 5 N–H and O–H groups in total. The van der Waals surface area contributed by atoms with Gasteiger partial charge in [0.2, 0.25) is 5.54 Å². The van der Waals surface area contributed by atoms with Gasteiger partial charge in [-0.1, -0.05) is 0 Å². The second-order valence-electron chi connectivity index (χ2n) is 2.98. The molecule has 86 valence electrons. The van der Waals surface area contributed by atoms with Crippen molar-refractivity contribution in [3.05, 3.63) is 0 Å². The van der Waals surface area contributed by atoms with Crippen LogP contribution in [-0.2, 0) is 19.2 Å². The fourth-order valence-corrected chi connectivity index (χ4v) is 1.20. The van der Waals surface area contributed by atoms with E-state index in [1.165, 1.54) is 0 Å². The van der Waals surface area contributed by atoms with E-state index in [0.29, 0.717) is 0 Å². The lowest BCUT2D eigenvalue weighted by atomic mass is 9.90. The molecule has 0 aromatic rings. The van der Waals surface area contributed by atoms with Gasteiger partial charge >= 0.3 is 5.97 Å². The van der Waals surface area contributed by atoms with E-state index in [2.05, 4.69) is 16.1 Å². The zero-order chi connectivity index (χ0) is 12.1. The summed E-state index contributed by atoms with van der Waals surface area (Å²) in [6.07, 6.45) is 0. The maximum atomic E-state index is 11.3. The minimum absolute atomic E-state index is 0.119. The minimum Gasteiger partial charge on any atom is -0.371 e. The van der Waals surface area contributed by atoms with Crippen LogP contribution in [0.15, 0.2) is 0 Å². The molecule has 7 nitrogen and oxygen atoms in total. The van der Waals surface area contributed by atoms with E-state index in [0.717, 1.165) is 13.8 Å². The first kappa shape index (κ1) is 13.7. The van der Waals surface area contributed by atoms with Gasteiger partial charge in [-0.15, -0.1) is 0 Å². The van der Waals surface area contributed by atoms with Gasteiger partial charge < -0.3 is 10.6 Å². The lowest BCUT2D eigenvalue weighted by Gasteiger charge is -2.25. The molecule has 0 rings (SSSR count). The van der Waals surface area contributed by atoms with Crippen molar-refractivity contribution in [1.82, 2.24) is 5.32 Å². The lowest BCUT2D eigenvalue weighted by molar-refractivity contribution is -0.159. The zero-order valence-electron chi connectivity index (χ0n) is 8.70. The molecule has 7 heteroatoms. The van der Waals surface area contributed by atoms with Gasteiger partial charge in [-0.3, -0.25) is 14.9 Å². The Kier molecular flexibility index (Phi) is 5.06. The van der Waals surface area contributed by atoms with Gasteiger partial charge in [-0.05, 0) is 13.8 Å². The fourth-order valence-electron chi connectivity index (χ4n) is 1.20. The van der Waals surface area contributed by atoms with E-state index in [4.69, 9.17) is 5.73 Å². The number of rotatable bonds is 6. The van der Waals surface area contributed by atoms with Crippen LogP contribution in [-0.4, -0.2) is 36.2 Å². The summed E-state index contributed by atoms with van der Waals surface area (Å²) in [7, 11) is 0. The minimum atomic E-state index is -2.03. The van der Waals surface area contributed by atoms with Crippen LogP contribution in [0.25, 0.3) is 0 Å². The molecule has 0 aromatic heterocycles. The third-order valence-corrected chi connectivity index (χ3v) is 2.00. The molecule has 0 aliphatic carbocycles. The van der Waals surface area contributed by atoms with E-state index in [1.807, 2.05) is 0 Å². The van der Waals surface area contributed by atoms with Crippen LogP contribution in [0.3, 0.4) is 0 Å². The number of carbonyl (C=O) groups is 3. The van der Waals surface area contributed by atoms with Crippen LogP contribution < -0.4 is 16.9 Å². The molecule has 0 bridgehead atoms. The van der Waals surface area contributed by atoms with Crippen LogP contribution >= 0.6 is 0 Å². The third kappa shape index (κ3) is 2.58. The monoisotopic (exact) mass is 217 g/mol. The number of nitrogens with two attached hydrogens (primary N) is 2. The highest BCUT2D eigenvalue weighted by molar-refractivity contribution is 6.26. The average Bonchev–Trinajstić information content (AvgIpc) is 2.17. The normalized spacial score (nSPS) is 10.9. The third-order valence-electron chi connectivity index (χ3n) is 2.00. The Bertz CT molecular complexity index is 263. The second kappa shape index (κ2) is 5.54. The van der Waals surface area contributed by atoms with Crippen molar-refractivity contribution in [2.45, 2.75) is 19.4 Å². The van der Waals surface area contributed by atoms with Crippen LogP contribution in [0, 0.1) is 0 Å². The summed E-state index contributed by atoms with van der Waals surface area (Å²) in [5.74, 6) is 2.19. The van der Waals surface area contributed by atoms with E-state index in [1.54, 1.807) is 0 Å². The fraction of sp³-hybridized carbons (Fsp3) is 0.625. The highest BCUT2D eigenvalue weighted by atomic mass is 16.7. The van der Waals surface area contributed by atoms with Crippen molar-refractivity contribution in [3.8, 4) is 0 Å². The molecule has 15 heavy (non-hydrogen) atoms. The van der Waals surface area contributed by atoms with E-state index in [-0.39, 0.29) is 13.1 Å². The number of hydrogen-bond acceptors (Lipinski definition) is 7. The largest absolute Gasteiger partial charge is 0.371 e. The predicted molar refractivity (Wildman–Crippen MR) is 51.4 cm³/mol. The second-order valence-corrected chi connectivity index (χ2v) is 2.98. The quantitative estimate of drug-likeness (QED) is 0.343. The van der Waals surface area contributed by atoms with Crippen molar-refractivity contribution in [2.75, 3.05) is 13.1 Å². The summed E-state index contributed by atoms with van der Waals surface area (Å²) in [5, 5.41) is 2.45. The van der Waals surface area contributed by atoms with Gasteiger partial charge in [-0.2, -0.15) is 5.90 Å². The highest BCUT2D eigenvalue weighted by Gasteiger charge is 2.49. The van der Waals surface area contributed by atoms with Crippen LogP contribution in [0.5, 0.6) is 0 Å². The molecule has 0 atom stereocenters. The molecule has 0 aliphatic rings. The number of nitrogens with one attached hydrogen (secondary N) is 1. The standard InChI is InChI=1S/C8H15N3O4/c1-5(12)8(6(2)13,7(14)15-10)11-4-3-9/h11H,3-4,9-10H2,1-2H3. The van der Waals surface area contributed by atoms with Crippen molar-refractivity contribution >= 4 is 17.5 Å². The first-order valence-corrected chi connectivity index (χ1v) is 4.31. The summed E-state index contributed by atoms with van der Waals surface area (Å²) in [6, 6.07) is 0. The topological polar surface area (TPSA) is 125 Å². The van der Waals surface area contributed by atoms with E-state index in [9.17, 15) is 14.4 Å². The summed E-state index contributed by atoms with van der Waals surface area (Å²) >= 11 is 0. The highest BCUT2D eigenvalue weighted by Crippen LogP contribution is 2.10. The first-order chi connectivity index (χ1) is 6.93. The Hall–Kier alpha value is -1.31. The molecule has 0 spiro atoms. The maximum Gasteiger partial charge on any atom is 0.360 e. The summed E-state index contributed by atoms with van der Waals surface area (Å²) in [6.45, 7) is 2.48. The van der Waals surface area contributed by atoms with Crippen molar-refractivity contribution in [3.63, 3.8) is 0 Å². The van der Waals surface area contributed by atoms with Crippen LogP contribution in [0.1, 0.15) is 13.8 Å². The molecule has 0 fully saturated rings. The number of ketones is 2. The zero-order valence-corrected chi connectivity index (χ0v) is 8.70. The summed E-state index contributed by atoms with van der Waals surface area (Å²) < 4.78 is 0. The average molecular weight is 217 g/mol. The maximum absolute atomic E-state index is 11.3. The number of Topliss-reactive ketones (excluding diaryl/α,β-unsaturated/α-hetero) is 2. The van der Waals surface area contributed by atoms with Gasteiger partial charge in [0.1, 0.15) is 0 Å². The smallest absolute Gasteiger partial charge is 0.360 e. The molecule has 0 radical (unpaired) electrons. The molecular formula is C8H15N3O4. The predicted octanol–water partition coefficient (Wildman–Crippen LogP) is -2.13. The van der Waals surface area contributed by atoms with Crippen molar-refractivity contribution in [2.24, 2.45) is 11.6 Å². The molecule has 0 aliphatic heterocycles. The van der Waals surface area contributed by atoms with Gasteiger partial charge in [0, 0.05) is 13.1 Å². The van der Waals surface area contributed by atoms with Crippen molar-refractivity contribution in [1.29, 1.82) is 0 Å². The van der Waals surface area contributed by atoms with Crippen LogP contribution in [0.2, 0.25) is 0 Å². The molecule has 0 unspecified atom stereocenters. The molecule has 0 saturated heterocycles. The van der Waals surface area contributed by atoms with Gasteiger partial charge in [0.05, 0.1) is 0 Å². The molecule has 0 saturated carbocycles. The Balaban J connectivity index is 5.17. The van der Waals surface area contributed by atoms with E-state index >= 15 is 0 Å². The van der Waals surface area contributed by atoms with Crippen molar-refractivity contribution < 1.29 is 19.2 Å². The number of carbonyl (C=O) groups excluding carboxylic acids is 3. The Labute approximate surface area is 87.1 Å².